The van der Waals surface area contributed by atoms with E-state index in [2.05, 4.69) is 24.3 Å². The van der Waals surface area contributed by atoms with Crippen LogP contribution in [-0.2, 0) is 16.2 Å². The number of rotatable bonds is 6. The number of benzene rings is 1. The largest absolute Gasteiger partial charge is 0.237 e. The molecule has 2 nitrogen and oxygen atoms in total. The molecular formula is C12H18O2. The summed E-state index contributed by atoms with van der Waals surface area (Å²) >= 11 is 0. The van der Waals surface area contributed by atoms with Crippen LogP contribution in [-0.4, -0.2) is 12.7 Å². The molecule has 1 aromatic rings. The van der Waals surface area contributed by atoms with E-state index < -0.39 is 0 Å². The monoisotopic (exact) mass is 194 g/mol. The molecule has 1 unspecified atom stereocenters. The molecule has 0 N–H and O–H groups in total. The molecule has 0 bridgehead atoms. The van der Waals surface area contributed by atoms with Gasteiger partial charge in [0, 0.05) is 0 Å². The van der Waals surface area contributed by atoms with Gasteiger partial charge in [-0.25, -0.2) is 9.78 Å². The number of hydrogen-bond acceptors (Lipinski definition) is 2. The highest BCUT2D eigenvalue weighted by Gasteiger charge is 2.02. The zero-order chi connectivity index (χ0) is 10.2. The van der Waals surface area contributed by atoms with Gasteiger partial charge in [-0.3, -0.25) is 0 Å². The Morgan fingerprint density at radius 1 is 1.21 bits per heavy atom. The minimum absolute atomic E-state index is 0.162. The van der Waals surface area contributed by atoms with E-state index >= 15 is 0 Å². The lowest BCUT2D eigenvalue weighted by Crippen LogP contribution is -2.09. The van der Waals surface area contributed by atoms with Gasteiger partial charge in [0.2, 0.25) is 0 Å². The average Bonchev–Trinajstić information content (AvgIpc) is 2.25. The molecule has 0 aliphatic rings. The fourth-order valence-electron chi connectivity index (χ4n) is 1.25. The van der Waals surface area contributed by atoms with Gasteiger partial charge in [-0.1, -0.05) is 30.3 Å². The first-order valence-corrected chi connectivity index (χ1v) is 5.15. The lowest BCUT2D eigenvalue weighted by atomic mass is 10.1. The third kappa shape index (κ3) is 4.40. The summed E-state index contributed by atoms with van der Waals surface area (Å²) in [5.41, 5.74) is 1.35. The van der Waals surface area contributed by atoms with Gasteiger partial charge >= 0.3 is 0 Å². The molecule has 0 radical (unpaired) electrons. The summed E-state index contributed by atoms with van der Waals surface area (Å²) in [6.07, 6.45) is 2.19. The maximum absolute atomic E-state index is 5.11. The van der Waals surface area contributed by atoms with E-state index in [1.165, 1.54) is 5.56 Å². The quantitative estimate of drug-likeness (QED) is 0.512. The lowest BCUT2D eigenvalue weighted by Gasteiger charge is -2.10. The molecule has 14 heavy (non-hydrogen) atoms. The first kappa shape index (κ1) is 11.2. The molecule has 0 aliphatic carbocycles. The first-order chi connectivity index (χ1) is 6.83. The van der Waals surface area contributed by atoms with Gasteiger partial charge in [0.1, 0.15) is 0 Å². The second-order valence-electron chi connectivity index (χ2n) is 3.34. The molecule has 78 valence electrons. The van der Waals surface area contributed by atoms with E-state index in [9.17, 15) is 0 Å². The van der Waals surface area contributed by atoms with Crippen molar-refractivity contribution in [2.24, 2.45) is 0 Å². The van der Waals surface area contributed by atoms with Crippen molar-refractivity contribution in [3.8, 4) is 0 Å². The molecule has 0 saturated heterocycles. The van der Waals surface area contributed by atoms with Crippen LogP contribution in [0.2, 0.25) is 0 Å². The highest BCUT2D eigenvalue weighted by atomic mass is 17.2. The van der Waals surface area contributed by atoms with Crippen LogP contribution < -0.4 is 0 Å². The Hall–Kier alpha value is -0.860. The summed E-state index contributed by atoms with van der Waals surface area (Å²) in [7, 11) is 0. The van der Waals surface area contributed by atoms with Crippen LogP contribution in [0.1, 0.15) is 25.8 Å². The Bertz CT molecular complexity index is 233. The minimum Gasteiger partial charge on any atom is -0.237 e. The van der Waals surface area contributed by atoms with Crippen molar-refractivity contribution < 1.29 is 9.78 Å². The normalized spacial score (nSPS) is 12.7. The third-order valence-corrected chi connectivity index (χ3v) is 2.03. The zero-order valence-electron chi connectivity index (χ0n) is 8.90. The van der Waals surface area contributed by atoms with Crippen molar-refractivity contribution in [1.29, 1.82) is 0 Å². The smallest absolute Gasteiger partial charge is 0.0905 e. The predicted octanol–water partition coefficient (Wildman–Crippen LogP) is 2.98. The van der Waals surface area contributed by atoms with Crippen LogP contribution in [0.15, 0.2) is 30.3 Å². The van der Waals surface area contributed by atoms with E-state index in [4.69, 9.17) is 9.78 Å². The molecule has 0 saturated carbocycles. The maximum Gasteiger partial charge on any atom is 0.0905 e. The van der Waals surface area contributed by atoms with Crippen LogP contribution in [0.5, 0.6) is 0 Å². The molecular weight excluding hydrogens is 176 g/mol. The molecule has 1 atom stereocenters. The van der Waals surface area contributed by atoms with E-state index in [1.54, 1.807) is 0 Å². The van der Waals surface area contributed by atoms with Crippen molar-refractivity contribution in [1.82, 2.24) is 0 Å². The van der Waals surface area contributed by atoms with Gasteiger partial charge in [0.05, 0.1) is 12.7 Å². The van der Waals surface area contributed by atoms with E-state index in [1.807, 2.05) is 19.9 Å². The summed E-state index contributed by atoms with van der Waals surface area (Å²) in [6, 6.07) is 10.4. The van der Waals surface area contributed by atoms with Crippen LogP contribution in [0, 0.1) is 0 Å². The standard InChI is InChI=1S/C12H18O2/c1-3-13-14-11(2)9-10-12-7-5-4-6-8-12/h4-8,11H,3,9-10H2,1-2H3. The minimum atomic E-state index is 0.162. The summed E-state index contributed by atoms with van der Waals surface area (Å²) in [4.78, 5) is 10.00. The van der Waals surface area contributed by atoms with Gasteiger partial charge in [-0.2, -0.15) is 0 Å². The Labute approximate surface area is 85.8 Å². The van der Waals surface area contributed by atoms with Crippen molar-refractivity contribution in [3.63, 3.8) is 0 Å². The Morgan fingerprint density at radius 2 is 1.93 bits per heavy atom. The van der Waals surface area contributed by atoms with Crippen molar-refractivity contribution in [3.05, 3.63) is 35.9 Å². The molecule has 0 heterocycles. The van der Waals surface area contributed by atoms with Gasteiger partial charge in [0.25, 0.3) is 0 Å². The van der Waals surface area contributed by atoms with Gasteiger partial charge in [-0.15, -0.1) is 0 Å². The van der Waals surface area contributed by atoms with Crippen LogP contribution in [0.3, 0.4) is 0 Å². The maximum atomic E-state index is 5.11. The van der Waals surface area contributed by atoms with Crippen LogP contribution in [0.4, 0.5) is 0 Å². The average molecular weight is 194 g/mol. The van der Waals surface area contributed by atoms with Crippen LogP contribution in [0.25, 0.3) is 0 Å². The highest BCUT2D eigenvalue weighted by Crippen LogP contribution is 2.06. The molecule has 1 rings (SSSR count). The van der Waals surface area contributed by atoms with Crippen molar-refractivity contribution in [2.75, 3.05) is 6.61 Å². The van der Waals surface area contributed by atoms with Crippen molar-refractivity contribution in [2.45, 2.75) is 32.8 Å². The number of aryl methyl sites for hydroxylation is 1. The SMILES string of the molecule is CCOOC(C)CCc1ccccc1. The summed E-state index contributed by atoms with van der Waals surface area (Å²) < 4.78 is 0. The van der Waals surface area contributed by atoms with Crippen LogP contribution >= 0.6 is 0 Å². The molecule has 1 aromatic carbocycles. The fraction of sp³-hybridized carbons (Fsp3) is 0.500. The Balaban J connectivity index is 2.20. The molecule has 0 fully saturated rings. The molecule has 2 heteroatoms. The van der Waals surface area contributed by atoms with E-state index in [0.717, 1.165) is 12.8 Å². The Kier molecular flexibility index (Phi) is 5.27. The Morgan fingerprint density at radius 3 is 2.57 bits per heavy atom. The lowest BCUT2D eigenvalue weighted by molar-refractivity contribution is -0.318. The fourth-order valence-corrected chi connectivity index (χ4v) is 1.25. The molecule has 0 spiro atoms. The summed E-state index contributed by atoms with van der Waals surface area (Å²) in [6.45, 7) is 4.55. The topological polar surface area (TPSA) is 18.5 Å². The predicted molar refractivity (Wildman–Crippen MR) is 56.9 cm³/mol. The number of hydrogen-bond donors (Lipinski definition) is 0. The zero-order valence-corrected chi connectivity index (χ0v) is 8.90. The van der Waals surface area contributed by atoms with Gasteiger partial charge < -0.3 is 0 Å². The van der Waals surface area contributed by atoms with Crippen molar-refractivity contribution >= 4 is 0 Å². The second-order valence-corrected chi connectivity index (χ2v) is 3.34. The molecule has 0 aromatic heterocycles. The third-order valence-electron chi connectivity index (χ3n) is 2.03. The highest BCUT2D eigenvalue weighted by molar-refractivity contribution is 5.14. The first-order valence-electron chi connectivity index (χ1n) is 5.15. The van der Waals surface area contributed by atoms with E-state index in [0.29, 0.717) is 6.61 Å². The second kappa shape index (κ2) is 6.57. The summed E-state index contributed by atoms with van der Waals surface area (Å²) in [5.74, 6) is 0. The van der Waals surface area contributed by atoms with Gasteiger partial charge in [0.15, 0.2) is 0 Å². The molecule has 0 amide bonds. The van der Waals surface area contributed by atoms with E-state index in [-0.39, 0.29) is 6.10 Å². The molecule has 0 aliphatic heterocycles. The summed E-state index contributed by atoms with van der Waals surface area (Å²) in [5, 5.41) is 0. The van der Waals surface area contributed by atoms with Gasteiger partial charge in [-0.05, 0) is 32.3 Å².